The largest absolute Gasteiger partial charge is 0.435 e. The third-order valence-electron chi connectivity index (χ3n) is 4.30. The predicted octanol–water partition coefficient (Wildman–Crippen LogP) is 6.67. The first-order valence-electron chi connectivity index (χ1n) is 8.05. The average Bonchev–Trinajstić information content (AvgIpc) is 2.58. The van der Waals surface area contributed by atoms with Crippen LogP contribution in [0.25, 0.3) is 12.2 Å². The number of rotatable bonds is 4. The van der Waals surface area contributed by atoms with Gasteiger partial charge in [-0.3, -0.25) is 10.1 Å². The first-order chi connectivity index (χ1) is 13.2. The number of non-ortho nitro benzene ring substituents is 1. The van der Waals surface area contributed by atoms with E-state index in [-0.39, 0.29) is 22.4 Å². The Morgan fingerprint density at radius 3 is 1.83 bits per heavy atom. The number of hydrogen-bond donors (Lipinski definition) is 0. The molecule has 0 N–H and O–H groups in total. The van der Waals surface area contributed by atoms with Crippen LogP contribution in [0, 0.1) is 24.0 Å². The van der Waals surface area contributed by atoms with Gasteiger partial charge in [0.25, 0.3) is 5.69 Å². The molecule has 0 amide bonds. The van der Waals surface area contributed by atoms with Crippen LogP contribution in [0.1, 0.15) is 27.8 Å². The molecule has 2 aromatic carbocycles. The van der Waals surface area contributed by atoms with Crippen molar-refractivity contribution in [1.82, 2.24) is 0 Å². The lowest BCUT2D eigenvalue weighted by Gasteiger charge is -2.31. The van der Waals surface area contributed by atoms with E-state index in [0.29, 0.717) is 17.7 Å². The summed E-state index contributed by atoms with van der Waals surface area (Å²) in [4.78, 5) is 10.2. The van der Waals surface area contributed by atoms with Gasteiger partial charge in [-0.2, -0.15) is 26.3 Å². The smallest absolute Gasteiger partial charge is 0.258 e. The van der Waals surface area contributed by atoms with Crippen LogP contribution in [0.3, 0.4) is 0 Å². The highest BCUT2D eigenvalue weighted by atomic mass is 19.4. The van der Waals surface area contributed by atoms with Gasteiger partial charge in [0, 0.05) is 17.7 Å². The summed E-state index contributed by atoms with van der Waals surface area (Å²) in [5.74, 6) is 0. The SMILES string of the molecule is Cc1cc(C(F)(C(F)(F)F)C(F)(F)F)cc(C)c1C=Cc1cccc([N+](=O)[O-])c1. The molecule has 3 nitrogen and oxygen atoms in total. The van der Waals surface area contributed by atoms with Gasteiger partial charge in [-0.1, -0.05) is 36.4 Å². The van der Waals surface area contributed by atoms with Crippen LogP contribution >= 0.6 is 0 Å². The van der Waals surface area contributed by atoms with Crippen LogP contribution in [-0.2, 0) is 5.67 Å². The second kappa shape index (κ2) is 7.49. The average molecular weight is 421 g/mol. The Balaban J connectivity index is 2.52. The zero-order valence-electron chi connectivity index (χ0n) is 15.0. The van der Waals surface area contributed by atoms with Crippen LogP contribution in [0.15, 0.2) is 36.4 Å². The number of nitro benzene ring substituents is 1. The zero-order chi connectivity index (χ0) is 22.2. The highest BCUT2D eigenvalue weighted by Gasteiger charge is 2.73. The topological polar surface area (TPSA) is 43.1 Å². The van der Waals surface area contributed by atoms with Crippen LogP contribution < -0.4 is 0 Å². The molecule has 0 bridgehead atoms. The number of halogens is 7. The molecule has 0 saturated heterocycles. The number of aryl methyl sites for hydroxylation is 2. The third-order valence-corrected chi connectivity index (χ3v) is 4.30. The molecule has 29 heavy (non-hydrogen) atoms. The van der Waals surface area contributed by atoms with Crippen molar-refractivity contribution in [3.05, 3.63) is 74.3 Å². The van der Waals surface area contributed by atoms with Crippen molar-refractivity contribution in [2.24, 2.45) is 0 Å². The minimum absolute atomic E-state index is 0.0165. The number of alkyl halides is 7. The maximum Gasteiger partial charge on any atom is 0.435 e. The number of nitro groups is 1. The molecule has 0 atom stereocenters. The summed E-state index contributed by atoms with van der Waals surface area (Å²) in [5.41, 5.74) is -6.61. The summed E-state index contributed by atoms with van der Waals surface area (Å²) in [7, 11) is 0. The molecule has 0 saturated carbocycles. The number of benzene rings is 2. The molecule has 0 aromatic heterocycles. The van der Waals surface area contributed by atoms with Crippen molar-refractivity contribution in [3.63, 3.8) is 0 Å². The van der Waals surface area contributed by atoms with E-state index >= 15 is 0 Å². The number of hydrogen-bond acceptors (Lipinski definition) is 2. The molecule has 0 heterocycles. The van der Waals surface area contributed by atoms with Gasteiger partial charge in [-0.05, 0) is 36.1 Å². The van der Waals surface area contributed by atoms with Crippen molar-refractivity contribution in [3.8, 4) is 0 Å². The van der Waals surface area contributed by atoms with E-state index < -0.39 is 28.5 Å². The monoisotopic (exact) mass is 421 g/mol. The van der Waals surface area contributed by atoms with Crippen LogP contribution in [0.5, 0.6) is 0 Å². The molecule has 2 aromatic rings. The second-order valence-corrected chi connectivity index (χ2v) is 6.36. The highest BCUT2D eigenvalue weighted by Crippen LogP contribution is 2.53. The van der Waals surface area contributed by atoms with E-state index in [4.69, 9.17) is 0 Å². The van der Waals surface area contributed by atoms with E-state index in [1.165, 1.54) is 50.3 Å². The van der Waals surface area contributed by atoms with Gasteiger partial charge in [0.2, 0.25) is 0 Å². The Morgan fingerprint density at radius 2 is 1.38 bits per heavy atom. The van der Waals surface area contributed by atoms with Gasteiger partial charge in [-0.25, -0.2) is 4.39 Å². The van der Waals surface area contributed by atoms with Gasteiger partial charge in [-0.15, -0.1) is 0 Å². The molecular formula is C19H14F7NO2. The van der Waals surface area contributed by atoms with E-state index in [1.54, 1.807) is 0 Å². The quantitative estimate of drug-likeness (QED) is 0.239. The lowest BCUT2D eigenvalue weighted by Crippen LogP contribution is -2.50. The van der Waals surface area contributed by atoms with Gasteiger partial charge in [0.15, 0.2) is 0 Å². The molecule has 0 aliphatic rings. The predicted molar refractivity (Wildman–Crippen MR) is 92.8 cm³/mol. The standard InChI is InChI=1S/C19H14F7NO2/c1-11-8-14(17(20,18(21,22)23)19(24,25)26)9-12(2)16(11)7-6-13-4-3-5-15(10-13)27(28)29/h3-10H,1-2H3. The minimum atomic E-state index is -6.19. The molecule has 2 rings (SSSR count). The van der Waals surface area contributed by atoms with Crippen molar-refractivity contribution in [2.45, 2.75) is 31.9 Å². The Hall–Kier alpha value is -2.91. The molecule has 0 aliphatic heterocycles. The van der Waals surface area contributed by atoms with Gasteiger partial charge < -0.3 is 0 Å². The van der Waals surface area contributed by atoms with Crippen LogP contribution in [0.2, 0.25) is 0 Å². The Bertz CT molecular complexity index is 925. The Kier molecular flexibility index (Phi) is 5.78. The maximum atomic E-state index is 14.3. The molecule has 10 heteroatoms. The van der Waals surface area contributed by atoms with Gasteiger partial charge in [0.1, 0.15) is 0 Å². The molecule has 0 aliphatic carbocycles. The van der Waals surface area contributed by atoms with Gasteiger partial charge in [0.05, 0.1) is 4.92 Å². The molecule has 0 unspecified atom stereocenters. The summed E-state index contributed by atoms with van der Waals surface area (Å²) in [5, 5.41) is 10.8. The van der Waals surface area contributed by atoms with E-state index in [0.717, 1.165) is 0 Å². The van der Waals surface area contributed by atoms with Crippen LogP contribution in [-0.4, -0.2) is 17.3 Å². The first-order valence-corrected chi connectivity index (χ1v) is 8.05. The fourth-order valence-electron chi connectivity index (χ4n) is 2.85. The molecular weight excluding hydrogens is 407 g/mol. The van der Waals surface area contributed by atoms with Crippen LogP contribution in [0.4, 0.5) is 36.4 Å². The fourth-order valence-corrected chi connectivity index (χ4v) is 2.85. The molecule has 0 spiro atoms. The van der Waals surface area contributed by atoms with Crippen molar-refractivity contribution in [1.29, 1.82) is 0 Å². The van der Waals surface area contributed by atoms with Crippen molar-refractivity contribution in [2.75, 3.05) is 0 Å². The van der Waals surface area contributed by atoms with E-state index in [1.807, 2.05) is 0 Å². The Morgan fingerprint density at radius 1 is 0.862 bits per heavy atom. The summed E-state index contributed by atoms with van der Waals surface area (Å²) in [6.07, 6.45) is -9.58. The molecule has 0 radical (unpaired) electrons. The van der Waals surface area contributed by atoms with E-state index in [9.17, 15) is 40.8 Å². The summed E-state index contributed by atoms with van der Waals surface area (Å²) in [6.45, 7) is 2.49. The van der Waals surface area contributed by atoms with E-state index in [2.05, 4.69) is 0 Å². The lowest BCUT2D eigenvalue weighted by atomic mass is 9.88. The number of nitrogens with zero attached hydrogens (tertiary/aromatic N) is 1. The molecule has 0 fully saturated rings. The lowest BCUT2D eigenvalue weighted by molar-refractivity contribution is -0.384. The maximum absolute atomic E-state index is 14.3. The molecule has 156 valence electrons. The highest BCUT2D eigenvalue weighted by molar-refractivity contribution is 5.73. The summed E-state index contributed by atoms with van der Waals surface area (Å²) >= 11 is 0. The zero-order valence-corrected chi connectivity index (χ0v) is 15.0. The second-order valence-electron chi connectivity index (χ2n) is 6.36. The fraction of sp³-hybridized carbons (Fsp3) is 0.263. The third kappa shape index (κ3) is 4.25. The minimum Gasteiger partial charge on any atom is -0.258 e. The van der Waals surface area contributed by atoms with Crippen molar-refractivity contribution >= 4 is 17.8 Å². The van der Waals surface area contributed by atoms with Gasteiger partial charge >= 0.3 is 18.0 Å². The Labute approximate surface area is 160 Å². The summed E-state index contributed by atoms with van der Waals surface area (Å²) in [6, 6.07) is 6.46. The normalized spacial score (nSPS) is 13.1. The summed E-state index contributed by atoms with van der Waals surface area (Å²) < 4.78 is 92.0. The van der Waals surface area contributed by atoms with Crippen molar-refractivity contribution < 1.29 is 35.7 Å². The first kappa shape index (κ1) is 22.4.